The molecule has 0 unspecified atom stereocenters. The summed E-state index contributed by atoms with van der Waals surface area (Å²) >= 11 is 0. The van der Waals surface area contributed by atoms with Gasteiger partial charge in [0.1, 0.15) is 5.82 Å². The van der Waals surface area contributed by atoms with Crippen LogP contribution in [0.3, 0.4) is 0 Å². The number of rotatable bonds is 8. The summed E-state index contributed by atoms with van der Waals surface area (Å²) in [7, 11) is 0. The highest BCUT2D eigenvalue weighted by Crippen LogP contribution is 2.14. The molecule has 0 spiro atoms. The predicted molar refractivity (Wildman–Crippen MR) is 129 cm³/mol. The maximum absolute atomic E-state index is 13.2. The fourth-order valence-corrected chi connectivity index (χ4v) is 3.80. The predicted octanol–water partition coefficient (Wildman–Crippen LogP) is 4.86. The molecule has 2 amide bonds. The van der Waals surface area contributed by atoms with Crippen LogP contribution in [0.5, 0.6) is 0 Å². The van der Waals surface area contributed by atoms with E-state index in [9.17, 15) is 4.79 Å². The number of benzene rings is 2. The van der Waals surface area contributed by atoms with Crippen molar-refractivity contribution in [3.63, 3.8) is 0 Å². The lowest BCUT2D eigenvalue weighted by Crippen LogP contribution is -2.39. The number of aryl methyl sites for hydroxylation is 2. The van der Waals surface area contributed by atoms with Crippen LogP contribution in [0.25, 0.3) is 0 Å². The third-order valence-corrected chi connectivity index (χ3v) is 5.72. The molecule has 168 valence electrons. The first-order chi connectivity index (χ1) is 16.1. The van der Waals surface area contributed by atoms with Crippen molar-refractivity contribution in [3.05, 3.63) is 119 Å². The fourth-order valence-electron chi connectivity index (χ4n) is 3.80. The Labute approximate surface area is 194 Å². The number of aromatic nitrogens is 3. The van der Waals surface area contributed by atoms with Crippen molar-refractivity contribution < 1.29 is 4.79 Å². The molecular formula is C27H29N5O. The van der Waals surface area contributed by atoms with Crippen LogP contribution in [0.2, 0.25) is 0 Å². The maximum atomic E-state index is 13.2. The molecule has 1 N–H and O–H groups in total. The maximum Gasteiger partial charge on any atom is 0.318 e. The molecule has 6 heteroatoms. The van der Waals surface area contributed by atoms with E-state index in [1.165, 1.54) is 11.1 Å². The molecule has 0 atom stereocenters. The van der Waals surface area contributed by atoms with E-state index in [4.69, 9.17) is 0 Å². The van der Waals surface area contributed by atoms with Crippen LogP contribution in [-0.4, -0.2) is 25.5 Å². The zero-order valence-corrected chi connectivity index (χ0v) is 19.1. The van der Waals surface area contributed by atoms with E-state index in [1.54, 1.807) is 12.4 Å². The molecule has 33 heavy (non-hydrogen) atoms. The SMILES string of the molecule is Cc1ccccc1CN(Cc1cccnc1)C(=O)NCc1cccc(Cn2ccnc2C)c1. The lowest BCUT2D eigenvalue weighted by molar-refractivity contribution is 0.191. The largest absolute Gasteiger partial charge is 0.334 e. The Kier molecular flexibility index (Phi) is 7.15. The van der Waals surface area contributed by atoms with Gasteiger partial charge in [0.05, 0.1) is 0 Å². The second kappa shape index (κ2) is 10.6. The Morgan fingerprint density at radius 1 is 0.939 bits per heavy atom. The van der Waals surface area contributed by atoms with Gasteiger partial charge in [-0.15, -0.1) is 0 Å². The number of carbonyl (C=O) groups is 1. The van der Waals surface area contributed by atoms with Gasteiger partial charge in [0.15, 0.2) is 0 Å². The molecular weight excluding hydrogens is 410 g/mol. The minimum absolute atomic E-state index is 0.0991. The molecule has 0 saturated carbocycles. The molecule has 2 heterocycles. The summed E-state index contributed by atoms with van der Waals surface area (Å²) in [5, 5.41) is 3.10. The quantitative estimate of drug-likeness (QED) is 0.427. The van der Waals surface area contributed by atoms with Crippen molar-refractivity contribution in [3.8, 4) is 0 Å². The Morgan fingerprint density at radius 2 is 1.76 bits per heavy atom. The highest BCUT2D eigenvalue weighted by molar-refractivity contribution is 5.74. The summed E-state index contributed by atoms with van der Waals surface area (Å²) in [5.41, 5.74) is 5.54. The minimum atomic E-state index is -0.0991. The molecule has 4 rings (SSSR count). The van der Waals surface area contributed by atoms with Crippen molar-refractivity contribution >= 4 is 6.03 Å². The Hall–Kier alpha value is -3.93. The van der Waals surface area contributed by atoms with Gasteiger partial charge in [-0.1, -0.05) is 54.6 Å². The minimum Gasteiger partial charge on any atom is -0.334 e. The van der Waals surface area contributed by atoms with E-state index >= 15 is 0 Å². The summed E-state index contributed by atoms with van der Waals surface area (Å²) in [4.78, 5) is 23.5. The lowest BCUT2D eigenvalue weighted by atomic mass is 10.1. The number of nitrogens with one attached hydrogen (secondary N) is 1. The van der Waals surface area contributed by atoms with Gasteiger partial charge in [0, 0.05) is 51.0 Å². The van der Waals surface area contributed by atoms with Crippen LogP contribution >= 0.6 is 0 Å². The molecule has 0 fully saturated rings. The first-order valence-electron chi connectivity index (χ1n) is 11.1. The van der Waals surface area contributed by atoms with E-state index in [0.717, 1.165) is 29.1 Å². The topological polar surface area (TPSA) is 63.1 Å². The summed E-state index contributed by atoms with van der Waals surface area (Å²) in [6.45, 7) is 6.32. The van der Waals surface area contributed by atoms with Crippen LogP contribution in [0, 0.1) is 13.8 Å². The average molecular weight is 440 g/mol. The van der Waals surface area contributed by atoms with Gasteiger partial charge in [0.25, 0.3) is 0 Å². The standard InChI is InChI=1S/C27H29N5O/c1-21-7-3-4-11-26(21)20-32(19-25-10-6-12-28-16-25)27(33)30-17-23-8-5-9-24(15-23)18-31-14-13-29-22(31)2/h3-16H,17-20H2,1-2H3,(H,30,33). The summed E-state index contributed by atoms with van der Waals surface area (Å²) in [6.07, 6.45) is 7.34. The third kappa shape index (κ3) is 6.07. The average Bonchev–Trinajstić information content (AvgIpc) is 3.23. The zero-order valence-electron chi connectivity index (χ0n) is 19.1. The molecule has 2 aromatic heterocycles. The Bertz CT molecular complexity index is 1200. The highest BCUT2D eigenvalue weighted by Gasteiger charge is 2.16. The second-order valence-electron chi connectivity index (χ2n) is 8.22. The van der Waals surface area contributed by atoms with Crippen molar-refractivity contribution in [2.24, 2.45) is 0 Å². The van der Waals surface area contributed by atoms with Crippen LogP contribution in [0.15, 0.2) is 85.5 Å². The van der Waals surface area contributed by atoms with Crippen LogP contribution in [0.4, 0.5) is 4.79 Å². The smallest absolute Gasteiger partial charge is 0.318 e. The molecule has 0 saturated heterocycles. The molecule has 6 nitrogen and oxygen atoms in total. The van der Waals surface area contributed by atoms with E-state index in [1.807, 2.05) is 60.6 Å². The molecule has 0 aliphatic carbocycles. The van der Waals surface area contributed by atoms with Gasteiger partial charge < -0.3 is 14.8 Å². The fraction of sp³-hybridized carbons (Fsp3) is 0.222. The van der Waals surface area contributed by atoms with Crippen LogP contribution in [0.1, 0.15) is 33.6 Å². The number of hydrogen-bond donors (Lipinski definition) is 1. The molecule has 0 bridgehead atoms. The van der Waals surface area contributed by atoms with E-state index in [2.05, 4.69) is 51.0 Å². The molecule has 0 aliphatic heterocycles. The normalized spacial score (nSPS) is 10.7. The second-order valence-corrected chi connectivity index (χ2v) is 8.22. The van der Waals surface area contributed by atoms with Gasteiger partial charge >= 0.3 is 6.03 Å². The summed E-state index contributed by atoms with van der Waals surface area (Å²) in [5.74, 6) is 0.982. The van der Waals surface area contributed by atoms with Crippen molar-refractivity contribution in [1.82, 2.24) is 24.8 Å². The highest BCUT2D eigenvalue weighted by atomic mass is 16.2. The van der Waals surface area contributed by atoms with Gasteiger partial charge in [-0.05, 0) is 47.7 Å². The lowest BCUT2D eigenvalue weighted by Gasteiger charge is -2.24. The number of nitrogens with zero attached hydrogens (tertiary/aromatic N) is 4. The zero-order chi connectivity index (χ0) is 23.0. The summed E-state index contributed by atoms with van der Waals surface area (Å²) < 4.78 is 2.11. The van der Waals surface area contributed by atoms with Gasteiger partial charge in [-0.2, -0.15) is 0 Å². The number of amides is 2. The van der Waals surface area contributed by atoms with Gasteiger partial charge in [-0.25, -0.2) is 9.78 Å². The molecule has 0 aliphatic rings. The van der Waals surface area contributed by atoms with Crippen molar-refractivity contribution in [1.29, 1.82) is 0 Å². The van der Waals surface area contributed by atoms with Crippen LogP contribution < -0.4 is 5.32 Å². The Morgan fingerprint density at radius 3 is 2.52 bits per heavy atom. The van der Waals surface area contributed by atoms with Crippen LogP contribution in [-0.2, 0) is 26.2 Å². The third-order valence-electron chi connectivity index (χ3n) is 5.72. The monoisotopic (exact) mass is 439 g/mol. The number of urea groups is 1. The number of hydrogen-bond acceptors (Lipinski definition) is 3. The van der Waals surface area contributed by atoms with E-state index in [-0.39, 0.29) is 6.03 Å². The molecule has 0 radical (unpaired) electrons. The molecule has 4 aromatic rings. The van der Waals surface area contributed by atoms with Gasteiger partial charge in [-0.3, -0.25) is 4.98 Å². The van der Waals surface area contributed by atoms with E-state index < -0.39 is 0 Å². The first kappa shape index (κ1) is 22.3. The van der Waals surface area contributed by atoms with Crippen molar-refractivity contribution in [2.45, 2.75) is 40.0 Å². The number of imidazole rings is 1. The number of carbonyl (C=O) groups excluding carboxylic acids is 1. The van der Waals surface area contributed by atoms with Crippen molar-refractivity contribution in [2.75, 3.05) is 0 Å². The summed E-state index contributed by atoms with van der Waals surface area (Å²) in [6, 6.07) is 20.3. The number of pyridine rings is 1. The molecule has 2 aromatic carbocycles. The van der Waals surface area contributed by atoms with E-state index in [0.29, 0.717) is 19.6 Å². The first-order valence-corrected chi connectivity index (χ1v) is 11.1. The van der Waals surface area contributed by atoms with Gasteiger partial charge in [0.2, 0.25) is 0 Å². The Balaban J connectivity index is 1.44.